The van der Waals surface area contributed by atoms with Crippen molar-refractivity contribution in [2.75, 3.05) is 118 Å². The van der Waals surface area contributed by atoms with Gasteiger partial charge in [0.15, 0.2) is 0 Å². The SMILES string of the molecule is COCC(O)CN1CCC(Cc2ccccc2)CC1.COCC(O)CN1CCC1.COCC(O)CN1CCN(c2ccccc2C#N)CC1. The number of hydrogen-bond donors (Lipinski definition) is 3. The molecule has 0 amide bonds. The average molecular weight is 684 g/mol. The standard InChI is InChI=1S/C16H25NO2.C15H21N3O2.C7H15NO2/c1-19-13-16(18)12-17-9-7-15(8-10-17)11-14-5-3-2-4-6-14;1-20-12-14(19)11-17-6-8-18(9-7-17)15-5-3-2-4-13(15)10-16;1-10-6-7(9)5-8-3-2-4-8/h2-6,15-16,18H,7-13H2,1H3;2-5,14,19H,6-9,11-12H2,1H3;7,9H,2-6H2,1H3. The minimum atomic E-state index is -0.432. The number of nitriles is 1. The highest BCUT2D eigenvalue weighted by Crippen LogP contribution is 2.22. The van der Waals surface area contributed by atoms with Gasteiger partial charge >= 0.3 is 0 Å². The highest BCUT2D eigenvalue weighted by molar-refractivity contribution is 5.59. The van der Waals surface area contributed by atoms with Crippen LogP contribution in [0.3, 0.4) is 0 Å². The number of ether oxygens (including phenoxy) is 3. The average Bonchev–Trinajstić information content (AvgIpc) is 3.09. The van der Waals surface area contributed by atoms with Crippen LogP contribution in [0.15, 0.2) is 54.6 Å². The predicted molar refractivity (Wildman–Crippen MR) is 194 cm³/mol. The molecule has 3 heterocycles. The number of rotatable bonds is 15. The summed E-state index contributed by atoms with van der Waals surface area (Å²) in [6.45, 7) is 11.4. The number of anilines is 1. The summed E-state index contributed by atoms with van der Waals surface area (Å²) < 4.78 is 14.7. The van der Waals surface area contributed by atoms with Crippen molar-refractivity contribution in [3.63, 3.8) is 0 Å². The molecule has 49 heavy (non-hydrogen) atoms. The molecule has 0 aromatic heterocycles. The minimum absolute atomic E-state index is 0.301. The Labute approximate surface area is 294 Å². The van der Waals surface area contributed by atoms with E-state index < -0.39 is 6.10 Å². The molecular weight excluding hydrogens is 622 g/mol. The topological polar surface area (TPSA) is 125 Å². The molecule has 0 bridgehead atoms. The van der Waals surface area contributed by atoms with Crippen LogP contribution in [-0.4, -0.2) is 161 Å². The number of likely N-dealkylation sites (tertiary alicyclic amines) is 2. The number of benzene rings is 2. The number of para-hydroxylation sites is 1. The maximum absolute atomic E-state index is 9.74. The van der Waals surface area contributed by atoms with E-state index in [1.165, 1.54) is 31.2 Å². The number of hydrogen-bond acceptors (Lipinski definition) is 11. The number of methoxy groups -OCH3 is 3. The molecule has 0 saturated carbocycles. The number of aliphatic hydroxyl groups excluding tert-OH is 3. The summed E-state index contributed by atoms with van der Waals surface area (Å²) in [6, 6.07) is 20.7. The maximum atomic E-state index is 9.74. The van der Waals surface area contributed by atoms with Crippen molar-refractivity contribution >= 4 is 5.69 Å². The second kappa shape index (κ2) is 23.7. The van der Waals surface area contributed by atoms with E-state index in [9.17, 15) is 15.3 Å². The summed E-state index contributed by atoms with van der Waals surface area (Å²) in [5, 5.41) is 37.8. The molecule has 0 spiro atoms. The quantitative estimate of drug-likeness (QED) is 0.256. The van der Waals surface area contributed by atoms with Gasteiger partial charge in [0.1, 0.15) is 6.07 Å². The third kappa shape index (κ3) is 15.9. The van der Waals surface area contributed by atoms with Gasteiger partial charge in [-0.1, -0.05) is 42.5 Å². The van der Waals surface area contributed by atoms with Gasteiger partial charge in [-0.05, 0) is 75.5 Å². The summed E-state index contributed by atoms with van der Waals surface area (Å²) in [7, 11) is 4.84. The normalized spacial score (nSPS) is 19.3. The Morgan fingerprint density at radius 1 is 0.653 bits per heavy atom. The smallest absolute Gasteiger partial charge is 0.101 e. The van der Waals surface area contributed by atoms with Gasteiger partial charge in [0.2, 0.25) is 0 Å². The Hall–Kier alpha value is -2.63. The van der Waals surface area contributed by atoms with Gasteiger partial charge in [0.25, 0.3) is 0 Å². The van der Waals surface area contributed by atoms with E-state index in [0.717, 1.165) is 82.6 Å². The minimum Gasteiger partial charge on any atom is -0.389 e. The first-order valence-electron chi connectivity index (χ1n) is 17.8. The van der Waals surface area contributed by atoms with Gasteiger partial charge in [-0.2, -0.15) is 5.26 Å². The second-order valence-electron chi connectivity index (χ2n) is 13.3. The van der Waals surface area contributed by atoms with Crippen LogP contribution in [-0.2, 0) is 20.6 Å². The molecule has 11 heteroatoms. The molecule has 2 aromatic carbocycles. The number of β-amino-alcohol motifs (C(OH)–C–C–N with tert-alkyl or cyclic N) is 3. The largest absolute Gasteiger partial charge is 0.389 e. The fourth-order valence-electron chi connectivity index (χ4n) is 6.53. The van der Waals surface area contributed by atoms with Gasteiger partial charge in [-0.3, -0.25) is 4.90 Å². The first-order valence-corrected chi connectivity index (χ1v) is 17.8. The van der Waals surface area contributed by atoms with Crippen molar-refractivity contribution < 1.29 is 29.5 Å². The third-order valence-electron chi connectivity index (χ3n) is 9.24. The van der Waals surface area contributed by atoms with Gasteiger partial charge in [-0.15, -0.1) is 0 Å². The molecule has 2 aromatic rings. The summed E-state index contributed by atoms with van der Waals surface area (Å²) in [5.41, 5.74) is 3.17. The van der Waals surface area contributed by atoms with Gasteiger partial charge in [0.05, 0.1) is 49.4 Å². The van der Waals surface area contributed by atoms with Crippen molar-refractivity contribution in [1.29, 1.82) is 5.26 Å². The van der Waals surface area contributed by atoms with E-state index in [2.05, 4.69) is 56.0 Å². The number of piperazine rings is 1. The zero-order chi connectivity index (χ0) is 35.3. The molecule has 0 radical (unpaired) electrons. The van der Waals surface area contributed by atoms with E-state index >= 15 is 0 Å². The lowest BCUT2D eigenvalue weighted by Gasteiger charge is -2.37. The van der Waals surface area contributed by atoms with E-state index in [-0.39, 0.29) is 12.2 Å². The molecule has 11 nitrogen and oxygen atoms in total. The van der Waals surface area contributed by atoms with Crippen LogP contribution >= 0.6 is 0 Å². The molecule has 3 atom stereocenters. The van der Waals surface area contributed by atoms with Gasteiger partial charge < -0.3 is 44.2 Å². The molecule has 3 fully saturated rings. The van der Waals surface area contributed by atoms with Crippen LogP contribution in [0.25, 0.3) is 0 Å². The molecule has 3 unspecified atom stereocenters. The first kappa shape index (κ1) is 40.8. The predicted octanol–water partition coefficient (Wildman–Crippen LogP) is 2.34. The van der Waals surface area contributed by atoms with Gasteiger partial charge in [0, 0.05) is 67.1 Å². The Bertz CT molecular complexity index is 1170. The number of nitrogens with zero attached hydrogens (tertiary/aromatic N) is 5. The van der Waals surface area contributed by atoms with Crippen molar-refractivity contribution in [1.82, 2.24) is 14.7 Å². The number of aliphatic hydroxyl groups is 3. The molecule has 3 aliphatic rings. The van der Waals surface area contributed by atoms with Crippen molar-refractivity contribution in [3.8, 4) is 6.07 Å². The molecule has 3 N–H and O–H groups in total. The summed E-state index contributed by atoms with van der Waals surface area (Å²) in [6.07, 6.45) is 3.84. The zero-order valence-electron chi connectivity index (χ0n) is 30.0. The van der Waals surface area contributed by atoms with Crippen LogP contribution in [0.4, 0.5) is 5.69 Å². The Morgan fingerprint density at radius 3 is 1.59 bits per heavy atom. The fraction of sp³-hybridized carbons (Fsp3) is 0.658. The van der Waals surface area contributed by atoms with E-state index in [0.29, 0.717) is 26.4 Å². The maximum Gasteiger partial charge on any atom is 0.101 e. The lowest BCUT2D eigenvalue weighted by Crippen LogP contribution is -2.49. The van der Waals surface area contributed by atoms with Crippen molar-refractivity contribution in [2.45, 2.75) is 44.0 Å². The molecule has 5 rings (SSSR count). The van der Waals surface area contributed by atoms with E-state index in [1.807, 2.05) is 24.3 Å². The number of piperidine rings is 1. The Balaban J connectivity index is 0.000000210. The van der Waals surface area contributed by atoms with E-state index in [1.54, 1.807) is 21.3 Å². The monoisotopic (exact) mass is 683 g/mol. The van der Waals surface area contributed by atoms with Gasteiger partial charge in [-0.25, -0.2) is 0 Å². The van der Waals surface area contributed by atoms with Crippen LogP contribution in [0, 0.1) is 17.2 Å². The van der Waals surface area contributed by atoms with Crippen molar-refractivity contribution in [2.24, 2.45) is 5.92 Å². The summed E-state index contributed by atoms with van der Waals surface area (Å²) in [5.74, 6) is 0.790. The Morgan fingerprint density at radius 2 is 1.12 bits per heavy atom. The first-order chi connectivity index (χ1) is 23.8. The second-order valence-corrected chi connectivity index (χ2v) is 13.3. The van der Waals surface area contributed by atoms with Crippen LogP contribution < -0.4 is 4.90 Å². The Kier molecular flexibility index (Phi) is 19.7. The van der Waals surface area contributed by atoms with Crippen LogP contribution in [0.1, 0.15) is 30.4 Å². The zero-order valence-corrected chi connectivity index (χ0v) is 30.0. The lowest BCUT2D eigenvalue weighted by molar-refractivity contribution is 0.0226. The molecule has 3 saturated heterocycles. The molecule has 274 valence electrons. The third-order valence-corrected chi connectivity index (χ3v) is 9.24. The summed E-state index contributed by atoms with van der Waals surface area (Å²) in [4.78, 5) is 9.04. The van der Waals surface area contributed by atoms with Crippen molar-refractivity contribution in [3.05, 3.63) is 65.7 Å². The summed E-state index contributed by atoms with van der Waals surface area (Å²) >= 11 is 0. The highest BCUT2D eigenvalue weighted by atomic mass is 16.5. The lowest BCUT2D eigenvalue weighted by atomic mass is 9.90. The highest BCUT2D eigenvalue weighted by Gasteiger charge is 2.22. The molecule has 0 aliphatic carbocycles. The fourth-order valence-corrected chi connectivity index (χ4v) is 6.53. The molecular formula is C38H61N5O6. The molecule has 3 aliphatic heterocycles. The van der Waals surface area contributed by atoms with Crippen LogP contribution in [0.5, 0.6) is 0 Å². The van der Waals surface area contributed by atoms with E-state index in [4.69, 9.17) is 19.5 Å². The van der Waals surface area contributed by atoms with Crippen LogP contribution in [0.2, 0.25) is 0 Å².